The summed E-state index contributed by atoms with van der Waals surface area (Å²) >= 11 is 3.52. The van der Waals surface area contributed by atoms with Crippen molar-refractivity contribution in [2.24, 2.45) is 11.8 Å². The summed E-state index contributed by atoms with van der Waals surface area (Å²) in [5.74, 6) is 3.16. The summed E-state index contributed by atoms with van der Waals surface area (Å²) in [5, 5.41) is 3.49. The van der Waals surface area contributed by atoms with Crippen LogP contribution in [-0.4, -0.2) is 21.3 Å². The molecule has 3 nitrogen and oxygen atoms in total. The first kappa shape index (κ1) is 15.6. The SMILES string of the molecule is CNC(c1cc(OC)c(Br)cc1OC)C1CCCC1C. The molecular weight excluding hydrogens is 318 g/mol. The fraction of sp³-hybridized carbons (Fsp3) is 0.625. The molecule has 2 rings (SSSR count). The molecule has 0 spiro atoms. The van der Waals surface area contributed by atoms with Gasteiger partial charge in [-0.25, -0.2) is 0 Å². The molecule has 1 aromatic carbocycles. The molecule has 0 aromatic heterocycles. The molecule has 0 saturated heterocycles. The van der Waals surface area contributed by atoms with Gasteiger partial charge in [0.1, 0.15) is 11.5 Å². The fourth-order valence-electron chi connectivity index (χ4n) is 3.40. The van der Waals surface area contributed by atoms with Gasteiger partial charge in [0.15, 0.2) is 0 Å². The van der Waals surface area contributed by atoms with Gasteiger partial charge in [0.2, 0.25) is 0 Å². The lowest BCUT2D eigenvalue weighted by atomic mass is 9.85. The molecule has 1 N–H and O–H groups in total. The molecule has 1 fully saturated rings. The van der Waals surface area contributed by atoms with E-state index in [0.29, 0.717) is 12.0 Å². The van der Waals surface area contributed by atoms with E-state index in [0.717, 1.165) is 21.9 Å². The van der Waals surface area contributed by atoms with Gasteiger partial charge in [-0.2, -0.15) is 0 Å². The number of hydrogen-bond donors (Lipinski definition) is 1. The van der Waals surface area contributed by atoms with Crippen LogP contribution in [0.1, 0.15) is 37.8 Å². The fourth-order valence-corrected chi connectivity index (χ4v) is 3.88. The average molecular weight is 342 g/mol. The molecule has 112 valence electrons. The van der Waals surface area contributed by atoms with E-state index in [4.69, 9.17) is 9.47 Å². The molecule has 0 heterocycles. The Hall–Kier alpha value is -0.740. The summed E-state index contributed by atoms with van der Waals surface area (Å²) in [4.78, 5) is 0. The average Bonchev–Trinajstić information content (AvgIpc) is 2.87. The van der Waals surface area contributed by atoms with E-state index in [-0.39, 0.29) is 0 Å². The molecule has 0 amide bonds. The van der Waals surface area contributed by atoms with Gasteiger partial charge in [0, 0.05) is 11.6 Å². The third kappa shape index (κ3) is 2.96. The molecule has 3 atom stereocenters. The van der Waals surface area contributed by atoms with Crippen LogP contribution in [0, 0.1) is 11.8 Å². The maximum atomic E-state index is 5.58. The van der Waals surface area contributed by atoms with Gasteiger partial charge < -0.3 is 14.8 Å². The van der Waals surface area contributed by atoms with Gasteiger partial charge >= 0.3 is 0 Å². The van der Waals surface area contributed by atoms with Crippen LogP contribution in [0.25, 0.3) is 0 Å². The minimum absolute atomic E-state index is 0.310. The molecular formula is C16H24BrNO2. The molecule has 1 aliphatic rings. The minimum Gasteiger partial charge on any atom is -0.496 e. The predicted octanol–water partition coefficient (Wildman–Crippen LogP) is 4.16. The van der Waals surface area contributed by atoms with Crippen molar-refractivity contribution < 1.29 is 9.47 Å². The molecule has 4 heteroatoms. The highest BCUT2D eigenvalue weighted by Gasteiger charge is 2.33. The Morgan fingerprint density at radius 3 is 2.40 bits per heavy atom. The number of halogens is 1. The molecule has 3 unspecified atom stereocenters. The quantitative estimate of drug-likeness (QED) is 0.871. The van der Waals surface area contributed by atoms with Crippen molar-refractivity contribution in [3.8, 4) is 11.5 Å². The summed E-state index contributed by atoms with van der Waals surface area (Å²) < 4.78 is 11.9. The van der Waals surface area contributed by atoms with Crippen LogP contribution in [0.15, 0.2) is 16.6 Å². The molecule has 1 aliphatic carbocycles. The molecule has 0 aliphatic heterocycles. The van der Waals surface area contributed by atoms with Crippen molar-refractivity contribution in [2.75, 3.05) is 21.3 Å². The van der Waals surface area contributed by atoms with Crippen LogP contribution < -0.4 is 14.8 Å². The van der Waals surface area contributed by atoms with Crippen molar-refractivity contribution in [3.63, 3.8) is 0 Å². The summed E-state index contributed by atoms with van der Waals surface area (Å²) in [7, 11) is 5.45. The Labute approximate surface area is 130 Å². The number of hydrogen-bond acceptors (Lipinski definition) is 3. The Kier molecular flexibility index (Phi) is 5.33. The topological polar surface area (TPSA) is 30.5 Å². The summed E-state index contributed by atoms with van der Waals surface area (Å²) in [6.07, 6.45) is 3.91. The Morgan fingerprint density at radius 2 is 1.90 bits per heavy atom. The standard InChI is InChI=1S/C16H24BrNO2/c1-10-6-5-7-11(10)16(18-2)12-8-15(20-4)13(17)9-14(12)19-3/h8-11,16,18H,5-7H2,1-4H3. The third-order valence-electron chi connectivity index (χ3n) is 4.51. The van der Waals surface area contributed by atoms with E-state index in [1.165, 1.54) is 24.8 Å². The van der Waals surface area contributed by atoms with Crippen molar-refractivity contribution in [1.29, 1.82) is 0 Å². The van der Waals surface area contributed by atoms with Crippen LogP contribution in [0.4, 0.5) is 0 Å². The first-order chi connectivity index (χ1) is 9.62. The summed E-state index contributed by atoms with van der Waals surface area (Å²) in [6, 6.07) is 4.40. The van der Waals surface area contributed by atoms with Crippen molar-refractivity contribution in [3.05, 3.63) is 22.2 Å². The van der Waals surface area contributed by atoms with Crippen molar-refractivity contribution in [1.82, 2.24) is 5.32 Å². The number of nitrogens with one attached hydrogen (secondary N) is 1. The second-order valence-corrected chi connectivity index (χ2v) is 6.42. The second-order valence-electron chi connectivity index (χ2n) is 5.57. The predicted molar refractivity (Wildman–Crippen MR) is 85.6 cm³/mol. The van der Waals surface area contributed by atoms with Gasteiger partial charge in [-0.15, -0.1) is 0 Å². The molecule has 1 aromatic rings. The lowest BCUT2D eigenvalue weighted by Crippen LogP contribution is -2.27. The summed E-state index contributed by atoms with van der Waals surface area (Å²) in [6.45, 7) is 2.35. The first-order valence-corrected chi connectivity index (χ1v) is 8.00. The highest BCUT2D eigenvalue weighted by Crippen LogP contribution is 2.44. The van der Waals surface area contributed by atoms with Crippen molar-refractivity contribution in [2.45, 2.75) is 32.2 Å². The van der Waals surface area contributed by atoms with E-state index in [1.54, 1.807) is 14.2 Å². The van der Waals surface area contributed by atoms with E-state index >= 15 is 0 Å². The number of ether oxygens (including phenoxy) is 2. The Bertz CT molecular complexity index is 464. The molecule has 0 bridgehead atoms. The van der Waals surface area contributed by atoms with Crippen LogP contribution >= 0.6 is 15.9 Å². The van der Waals surface area contributed by atoms with E-state index < -0.39 is 0 Å². The van der Waals surface area contributed by atoms with E-state index in [2.05, 4.69) is 34.2 Å². The second kappa shape index (κ2) is 6.81. The minimum atomic E-state index is 0.310. The molecule has 20 heavy (non-hydrogen) atoms. The number of benzene rings is 1. The largest absolute Gasteiger partial charge is 0.496 e. The maximum Gasteiger partial charge on any atom is 0.133 e. The lowest BCUT2D eigenvalue weighted by molar-refractivity contribution is 0.303. The summed E-state index contributed by atoms with van der Waals surface area (Å²) in [5.41, 5.74) is 1.19. The Morgan fingerprint density at radius 1 is 1.20 bits per heavy atom. The zero-order valence-corrected chi connectivity index (χ0v) is 14.3. The van der Waals surface area contributed by atoms with Gasteiger partial charge in [-0.1, -0.05) is 19.8 Å². The van der Waals surface area contributed by atoms with Gasteiger partial charge in [-0.3, -0.25) is 0 Å². The van der Waals surface area contributed by atoms with Gasteiger partial charge in [0.05, 0.1) is 18.7 Å². The van der Waals surface area contributed by atoms with E-state index in [1.807, 2.05) is 13.1 Å². The number of methoxy groups -OCH3 is 2. The van der Waals surface area contributed by atoms with E-state index in [9.17, 15) is 0 Å². The lowest BCUT2D eigenvalue weighted by Gasteiger charge is -2.29. The van der Waals surface area contributed by atoms with Crippen LogP contribution in [0.3, 0.4) is 0 Å². The first-order valence-electron chi connectivity index (χ1n) is 7.21. The zero-order chi connectivity index (χ0) is 14.7. The number of rotatable bonds is 5. The highest BCUT2D eigenvalue weighted by molar-refractivity contribution is 9.10. The van der Waals surface area contributed by atoms with Gasteiger partial charge in [0.25, 0.3) is 0 Å². The smallest absolute Gasteiger partial charge is 0.133 e. The van der Waals surface area contributed by atoms with Crippen LogP contribution in [0.2, 0.25) is 0 Å². The van der Waals surface area contributed by atoms with Crippen LogP contribution in [0.5, 0.6) is 11.5 Å². The maximum absolute atomic E-state index is 5.58. The monoisotopic (exact) mass is 341 g/mol. The van der Waals surface area contributed by atoms with Crippen molar-refractivity contribution >= 4 is 15.9 Å². The normalized spacial score (nSPS) is 23.6. The molecule has 1 saturated carbocycles. The highest BCUT2D eigenvalue weighted by atomic mass is 79.9. The molecule has 0 radical (unpaired) electrons. The zero-order valence-electron chi connectivity index (χ0n) is 12.7. The Balaban J connectivity index is 2.42. The van der Waals surface area contributed by atoms with Crippen LogP contribution in [-0.2, 0) is 0 Å². The van der Waals surface area contributed by atoms with Gasteiger partial charge in [-0.05, 0) is 53.4 Å². The third-order valence-corrected chi connectivity index (χ3v) is 5.13.